The molecule has 138 valence electrons. The van der Waals surface area contributed by atoms with Gasteiger partial charge in [-0.1, -0.05) is 23.9 Å². The molecule has 4 atom stereocenters. The maximum atomic E-state index is 12.9. The Morgan fingerprint density at radius 1 is 1.15 bits per heavy atom. The molecule has 1 saturated carbocycles. The SMILES string of the molecule is CC(=O)SC[C@H]1C[C@@H](N2C(=O)c3ccccc3C2=O)[C@@H]2OC(C)(C)O[C@H]12. The highest BCUT2D eigenvalue weighted by Crippen LogP contribution is 2.46. The Morgan fingerprint density at radius 3 is 2.31 bits per heavy atom. The lowest BCUT2D eigenvalue weighted by molar-refractivity contribution is -0.159. The molecule has 26 heavy (non-hydrogen) atoms. The molecule has 2 fully saturated rings. The van der Waals surface area contributed by atoms with Gasteiger partial charge in [-0.2, -0.15) is 0 Å². The van der Waals surface area contributed by atoms with Crippen LogP contribution in [0.3, 0.4) is 0 Å². The molecule has 0 aromatic heterocycles. The maximum Gasteiger partial charge on any atom is 0.261 e. The van der Waals surface area contributed by atoms with E-state index in [0.717, 1.165) is 0 Å². The van der Waals surface area contributed by atoms with Gasteiger partial charge in [0.15, 0.2) is 10.9 Å². The molecular weight excluding hydrogens is 354 g/mol. The van der Waals surface area contributed by atoms with E-state index in [1.807, 2.05) is 13.8 Å². The first-order chi connectivity index (χ1) is 12.3. The van der Waals surface area contributed by atoms with Crippen LogP contribution in [0.1, 0.15) is 47.9 Å². The van der Waals surface area contributed by atoms with Crippen molar-refractivity contribution in [1.82, 2.24) is 4.90 Å². The van der Waals surface area contributed by atoms with Crippen molar-refractivity contribution in [2.24, 2.45) is 5.92 Å². The van der Waals surface area contributed by atoms with Crippen molar-refractivity contribution in [3.63, 3.8) is 0 Å². The Hall–Kier alpha value is -1.70. The van der Waals surface area contributed by atoms with Crippen LogP contribution in [0.15, 0.2) is 24.3 Å². The molecule has 1 saturated heterocycles. The fourth-order valence-corrected chi connectivity index (χ4v) is 4.98. The molecule has 3 aliphatic rings. The number of carbonyl (C=O) groups is 3. The second kappa shape index (κ2) is 6.18. The topological polar surface area (TPSA) is 72.9 Å². The van der Waals surface area contributed by atoms with E-state index >= 15 is 0 Å². The third kappa shape index (κ3) is 2.78. The van der Waals surface area contributed by atoms with E-state index in [1.54, 1.807) is 24.3 Å². The summed E-state index contributed by atoms with van der Waals surface area (Å²) in [6.07, 6.45) is -0.0205. The van der Waals surface area contributed by atoms with Gasteiger partial charge in [0, 0.05) is 12.7 Å². The van der Waals surface area contributed by atoms with Crippen LogP contribution in [0.2, 0.25) is 0 Å². The van der Waals surface area contributed by atoms with Crippen LogP contribution in [0.5, 0.6) is 0 Å². The molecule has 2 aliphatic heterocycles. The van der Waals surface area contributed by atoms with Gasteiger partial charge in [-0.05, 0) is 38.3 Å². The molecular formula is C19H21NO5S. The minimum Gasteiger partial charge on any atom is -0.344 e. The standard InChI is InChI=1S/C19H21NO5S/c1-10(21)26-9-11-8-14(16-15(11)24-19(2,3)25-16)20-17(22)12-6-4-5-7-13(12)18(20)23/h4-7,11,14-16H,8-9H2,1-3H3/t11-,14-,15-,16+/m1/s1. The fraction of sp³-hybridized carbons (Fsp3) is 0.526. The molecule has 0 radical (unpaired) electrons. The van der Waals surface area contributed by atoms with Crippen LogP contribution in [0.25, 0.3) is 0 Å². The molecule has 4 rings (SSSR count). The number of ether oxygens (including phenoxy) is 2. The number of benzene rings is 1. The second-order valence-electron chi connectivity index (χ2n) is 7.46. The molecule has 6 nitrogen and oxygen atoms in total. The van der Waals surface area contributed by atoms with Crippen LogP contribution >= 0.6 is 11.8 Å². The smallest absolute Gasteiger partial charge is 0.261 e. The normalized spacial score (nSPS) is 32.0. The van der Waals surface area contributed by atoms with Crippen molar-refractivity contribution in [2.45, 2.75) is 51.2 Å². The van der Waals surface area contributed by atoms with Crippen molar-refractivity contribution >= 4 is 28.7 Å². The summed E-state index contributed by atoms with van der Waals surface area (Å²) in [5, 5.41) is 0.0453. The van der Waals surface area contributed by atoms with E-state index < -0.39 is 5.79 Å². The van der Waals surface area contributed by atoms with Gasteiger partial charge >= 0.3 is 0 Å². The molecule has 0 bridgehead atoms. The van der Waals surface area contributed by atoms with Crippen LogP contribution in [0, 0.1) is 5.92 Å². The van der Waals surface area contributed by atoms with Crippen molar-refractivity contribution in [1.29, 1.82) is 0 Å². The van der Waals surface area contributed by atoms with E-state index in [2.05, 4.69) is 0 Å². The predicted molar refractivity (Wildman–Crippen MR) is 95.8 cm³/mol. The molecule has 1 aliphatic carbocycles. The molecule has 0 spiro atoms. The lowest BCUT2D eigenvalue weighted by Crippen LogP contribution is -2.46. The monoisotopic (exact) mass is 375 g/mol. The highest BCUT2D eigenvalue weighted by Gasteiger charge is 2.58. The molecule has 2 heterocycles. The van der Waals surface area contributed by atoms with Crippen LogP contribution in [-0.4, -0.2) is 51.6 Å². The third-order valence-corrected chi connectivity index (χ3v) is 6.21. The van der Waals surface area contributed by atoms with Gasteiger partial charge in [-0.15, -0.1) is 0 Å². The molecule has 0 unspecified atom stereocenters. The van der Waals surface area contributed by atoms with Gasteiger partial charge in [0.25, 0.3) is 11.8 Å². The summed E-state index contributed by atoms with van der Waals surface area (Å²) in [6.45, 7) is 5.20. The van der Waals surface area contributed by atoms with Gasteiger partial charge in [-0.25, -0.2) is 0 Å². The summed E-state index contributed by atoms with van der Waals surface area (Å²) < 4.78 is 12.1. The molecule has 1 aromatic carbocycles. The van der Waals surface area contributed by atoms with E-state index in [9.17, 15) is 14.4 Å². The number of nitrogens with zero attached hydrogens (tertiary/aromatic N) is 1. The highest BCUT2D eigenvalue weighted by atomic mass is 32.2. The number of hydrogen-bond donors (Lipinski definition) is 0. The van der Waals surface area contributed by atoms with Gasteiger partial charge in [-0.3, -0.25) is 19.3 Å². The van der Waals surface area contributed by atoms with Gasteiger partial charge in [0.2, 0.25) is 0 Å². The van der Waals surface area contributed by atoms with Crippen LogP contribution in [-0.2, 0) is 14.3 Å². The van der Waals surface area contributed by atoms with Crippen molar-refractivity contribution in [2.75, 3.05) is 5.75 Å². The van der Waals surface area contributed by atoms with E-state index in [1.165, 1.54) is 23.6 Å². The Kier molecular flexibility index (Phi) is 4.21. The molecule has 2 amide bonds. The van der Waals surface area contributed by atoms with Gasteiger partial charge in [0.1, 0.15) is 6.10 Å². The summed E-state index contributed by atoms with van der Waals surface area (Å²) >= 11 is 1.25. The zero-order valence-corrected chi connectivity index (χ0v) is 15.7. The predicted octanol–water partition coefficient (Wildman–Crippen LogP) is 2.47. The Bertz CT molecular complexity index is 757. The first kappa shape index (κ1) is 17.7. The van der Waals surface area contributed by atoms with E-state index in [0.29, 0.717) is 23.3 Å². The largest absolute Gasteiger partial charge is 0.344 e. The van der Waals surface area contributed by atoms with Crippen molar-refractivity contribution in [3.8, 4) is 0 Å². The number of rotatable bonds is 3. The fourth-order valence-electron chi connectivity index (χ4n) is 4.21. The van der Waals surface area contributed by atoms with E-state index in [-0.39, 0.29) is 41.1 Å². The molecule has 0 N–H and O–H groups in total. The average molecular weight is 375 g/mol. The molecule has 7 heteroatoms. The number of fused-ring (bicyclic) bond motifs is 2. The lowest BCUT2D eigenvalue weighted by Gasteiger charge is -2.28. The third-order valence-electron chi connectivity index (χ3n) is 5.21. The minimum absolute atomic E-state index is 0.0453. The van der Waals surface area contributed by atoms with Crippen molar-refractivity contribution < 1.29 is 23.9 Å². The minimum atomic E-state index is -0.772. The first-order valence-corrected chi connectivity index (χ1v) is 9.73. The van der Waals surface area contributed by atoms with Gasteiger partial charge in [0.05, 0.1) is 23.3 Å². The quantitative estimate of drug-likeness (QED) is 0.756. The summed E-state index contributed by atoms with van der Waals surface area (Å²) in [5.74, 6) is -0.684. The number of amides is 2. The van der Waals surface area contributed by atoms with Crippen LogP contribution < -0.4 is 0 Å². The highest BCUT2D eigenvalue weighted by molar-refractivity contribution is 8.13. The molecule has 1 aromatic rings. The number of hydrogen-bond acceptors (Lipinski definition) is 6. The summed E-state index contributed by atoms with van der Waals surface area (Å²) in [7, 11) is 0. The van der Waals surface area contributed by atoms with Gasteiger partial charge < -0.3 is 9.47 Å². The Labute approximate surface area is 156 Å². The summed E-state index contributed by atoms with van der Waals surface area (Å²) in [6, 6.07) is 6.50. The van der Waals surface area contributed by atoms with Crippen molar-refractivity contribution in [3.05, 3.63) is 35.4 Å². The number of thioether (sulfide) groups is 1. The Balaban J connectivity index is 1.63. The second-order valence-corrected chi connectivity index (χ2v) is 8.65. The average Bonchev–Trinajstić information content (AvgIpc) is 3.15. The summed E-state index contributed by atoms with van der Waals surface area (Å²) in [4.78, 5) is 38.5. The first-order valence-electron chi connectivity index (χ1n) is 8.74. The zero-order valence-electron chi connectivity index (χ0n) is 14.9. The van der Waals surface area contributed by atoms with Crippen LogP contribution in [0.4, 0.5) is 0 Å². The lowest BCUT2D eigenvalue weighted by atomic mass is 10.1. The number of imide groups is 1. The number of carbonyl (C=O) groups excluding carboxylic acids is 3. The summed E-state index contributed by atoms with van der Waals surface area (Å²) in [5.41, 5.74) is 0.877. The Morgan fingerprint density at radius 2 is 1.73 bits per heavy atom. The maximum absolute atomic E-state index is 12.9. The zero-order chi connectivity index (χ0) is 18.6. The van der Waals surface area contributed by atoms with E-state index in [4.69, 9.17) is 9.47 Å².